The van der Waals surface area contributed by atoms with Crippen LogP contribution in [0.5, 0.6) is 0 Å². The smallest absolute Gasteiger partial charge is 0.220 e. The van der Waals surface area contributed by atoms with Crippen molar-refractivity contribution in [2.45, 2.75) is 45.6 Å². The number of nitrogens with zero attached hydrogens (tertiary/aromatic N) is 2. The van der Waals surface area contributed by atoms with Crippen LogP contribution in [-0.4, -0.2) is 15.7 Å². The van der Waals surface area contributed by atoms with Gasteiger partial charge in [-0.15, -0.1) is 6.58 Å². The minimum atomic E-state index is -0.286. The summed E-state index contributed by atoms with van der Waals surface area (Å²) in [7, 11) is 0. The van der Waals surface area contributed by atoms with Crippen LogP contribution in [0.15, 0.2) is 43.1 Å². The van der Waals surface area contributed by atoms with Crippen LogP contribution in [0.3, 0.4) is 0 Å². The van der Waals surface area contributed by atoms with E-state index in [9.17, 15) is 9.18 Å². The molecule has 0 radical (unpaired) electrons. The first kappa shape index (κ1) is 17.4. The summed E-state index contributed by atoms with van der Waals surface area (Å²) in [6.07, 6.45) is 6.34. The highest BCUT2D eigenvalue weighted by Crippen LogP contribution is 2.41. The second-order valence-corrected chi connectivity index (χ2v) is 7.43. The van der Waals surface area contributed by atoms with Gasteiger partial charge >= 0.3 is 0 Å². The van der Waals surface area contributed by atoms with Crippen LogP contribution in [0.2, 0.25) is 0 Å². The molecule has 25 heavy (non-hydrogen) atoms. The van der Waals surface area contributed by atoms with Gasteiger partial charge in [-0.2, -0.15) is 5.10 Å². The van der Waals surface area contributed by atoms with Crippen molar-refractivity contribution in [1.82, 2.24) is 15.1 Å². The lowest BCUT2D eigenvalue weighted by Gasteiger charge is -2.36. The Hall–Kier alpha value is -2.43. The normalized spacial score (nSPS) is 18.4. The number of rotatable bonds is 5. The molecule has 0 saturated heterocycles. The van der Waals surface area contributed by atoms with E-state index in [1.807, 2.05) is 6.07 Å². The van der Waals surface area contributed by atoms with Crippen molar-refractivity contribution in [3.63, 3.8) is 0 Å². The van der Waals surface area contributed by atoms with Crippen molar-refractivity contribution >= 4 is 5.91 Å². The molecule has 4 nitrogen and oxygen atoms in total. The molecule has 0 fully saturated rings. The molecule has 132 valence electrons. The van der Waals surface area contributed by atoms with Gasteiger partial charge in [0.05, 0.1) is 23.6 Å². The molecule has 0 spiro atoms. The average Bonchev–Trinajstić information content (AvgIpc) is 2.95. The highest BCUT2D eigenvalue weighted by molar-refractivity contribution is 5.76. The quantitative estimate of drug-likeness (QED) is 0.832. The first-order chi connectivity index (χ1) is 11.9. The van der Waals surface area contributed by atoms with E-state index in [0.29, 0.717) is 18.5 Å². The maximum atomic E-state index is 13.6. The molecule has 3 rings (SSSR count). The maximum Gasteiger partial charge on any atom is 0.220 e. The zero-order valence-corrected chi connectivity index (χ0v) is 14.8. The van der Waals surface area contributed by atoms with Crippen LogP contribution >= 0.6 is 0 Å². The van der Waals surface area contributed by atoms with Gasteiger partial charge in [-0.25, -0.2) is 9.07 Å². The number of hydrogen-bond donors (Lipinski definition) is 1. The molecule has 5 heteroatoms. The molecule has 0 saturated carbocycles. The number of benzene rings is 1. The average molecular weight is 341 g/mol. The van der Waals surface area contributed by atoms with Crippen molar-refractivity contribution in [2.24, 2.45) is 5.41 Å². The third-order valence-corrected chi connectivity index (χ3v) is 4.64. The molecule has 2 aromatic rings. The molecular weight excluding hydrogens is 317 g/mol. The third kappa shape index (κ3) is 3.81. The van der Waals surface area contributed by atoms with Gasteiger partial charge in [0.2, 0.25) is 5.91 Å². The van der Waals surface area contributed by atoms with Gasteiger partial charge in [0, 0.05) is 12.0 Å². The standard InChI is InChI=1S/C20H24FN3O/c1-4-5-9-19(25)23-17-11-20(2,3)12-18-16(17)13-22-24(18)15-8-6-7-14(21)10-15/h4,6-8,10,13,17H,1,5,9,11-12H2,2-3H3,(H,23,25)/t17-/m0/s1. The Bertz CT molecular complexity index is 794. The largest absolute Gasteiger partial charge is 0.349 e. The van der Waals surface area contributed by atoms with Crippen LogP contribution in [-0.2, 0) is 11.2 Å². The summed E-state index contributed by atoms with van der Waals surface area (Å²) in [5.74, 6) is -0.266. The summed E-state index contributed by atoms with van der Waals surface area (Å²) < 4.78 is 15.4. The van der Waals surface area contributed by atoms with Gasteiger partial charge in [0.15, 0.2) is 0 Å². The van der Waals surface area contributed by atoms with E-state index in [0.717, 1.165) is 24.1 Å². The fourth-order valence-electron chi connectivity index (χ4n) is 3.50. The minimum absolute atomic E-state index is 0.0204. The second-order valence-electron chi connectivity index (χ2n) is 7.43. The molecule has 0 bridgehead atoms. The Morgan fingerprint density at radius 3 is 3.04 bits per heavy atom. The van der Waals surface area contributed by atoms with E-state index in [1.165, 1.54) is 12.1 Å². The lowest BCUT2D eigenvalue weighted by atomic mass is 9.74. The Balaban J connectivity index is 1.93. The number of nitrogens with one attached hydrogen (secondary N) is 1. The molecule has 1 aromatic carbocycles. The molecular formula is C20H24FN3O. The highest BCUT2D eigenvalue weighted by atomic mass is 19.1. The molecule has 1 N–H and O–H groups in total. The highest BCUT2D eigenvalue weighted by Gasteiger charge is 2.35. The van der Waals surface area contributed by atoms with Crippen molar-refractivity contribution < 1.29 is 9.18 Å². The number of allylic oxidation sites excluding steroid dienone is 1. The molecule has 0 unspecified atom stereocenters. The molecule has 0 aliphatic heterocycles. The van der Waals surface area contributed by atoms with E-state index in [4.69, 9.17) is 0 Å². The first-order valence-electron chi connectivity index (χ1n) is 8.62. The number of amides is 1. The Morgan fingerprint density at radius 1 is 1.52 bits per heavy atom. The van der Waals surface area contributed by atoms with E-state index in [-0.39, 0.29) is 23.2 Å². The number of halogens is 1. The zero-order chi connectivity index (χ0) is 18.0. The molecule has 1 aliphatic rings. The van der Waals surface area contributed by atoms with Crippen molar-refractivity contribution in [2.75, 3.05) is 0 Å². The molecule has 1 aromatic heterocycles. The van der Waals surface area contributed by atoms with Crippen molar-refractivity contribution in [3.05, 3.63) is 60.2 Å². The summed E-state index contributed by atoms with van der Waals surface area (Å²) in [5, 5.41) is 7.60. The molecule has 1 aliphatic carbocycles. The van der Waals surface area contributed by atoms with E-state index < -0.39 is 0 Å². The molecule has 1 amide bonds. The summed E-state index contributed by atoms with van der Waals surface area (Å²) in [6.45, 7) is 8.02. The van der Waals surface area contributed by atoms with E-state index in [2.05, 4.69) is 30.8 Å². The van der Waals surface area contributed by atoms with E-state index >= 15 is 0 Å². The van der Waals surface area contributed by atoms with Crippen molar-refractivity contribution in [3.8, 4) is 5.69 Å². The fraction of sp³-hybridized carbons (Fsp3) is 0.400. The summed E-state index contributed by atoms with van der Waals surface area (Å²) >= 11 is 0. The van der Waals surface area contributed by atoms with Gasteiger partial charge in [-0.3, -0.25) is 4.79 Å². The SMILES string of the molecule is C=CCCC(=O)N[C@H]1CC(C)(C)Cc2c1cnn2-c1cccc(F)c1. The number of carbonyl (C=O) groups is 1. The van der Waals surface area contributed by atoms with Crippen LogP contribution in [0.4, 0.5) is 4.39 Å². The number of fused-ring (bicyclic) bond motifs is 1. The first-order valence-corrected chi connectivity index (χ1v) is 8.62. The van der Waals surface area contributed by atoms with Crippen LogP contribution in [0.1, 0.15) is 50.4 Å². The van der Waals surface area contributed by atoms with E-state index in [1.54, 1.807) is 23.0 Å². The number of carbonyl (C=O) groups excluding carboxylic acids is 1. The summed E-state index contributed by atoms with van der Waals surface area (Å²) in [6, 6.07) is 6.36. The molecule has 1 atom stereocenters. The van der Waals surface area contributed by atoms with Gasteiger partial charge in [-0.05, 0) is 42.9 Å². The fourth-order valence-corrected chi connectivity index (χ4v) is 3.50. The van der Waals surface area contributed by atoms with Crippen molar-refractivity contribution in [1.29, 1.82) is 0 Å². The maximum absolute atomic E-state index is 13.6. The van der Waals surface area contributed by atoms with Crippen LogP contribution in [0.25, 0.3) is 5.69 Å². The Morgan fingerprint density at radius 2 is 2.32 bits per heavy atom. The molecule has 1 heterocycles. The lowest BCUT2D eigenvalue weighted by molar-refractivity contribution is -0.122. The Labute approximate surface area is 147 Å². The minimum Gasteiger partial charge on any atom is -0.349 e. The third-order valence-electron chi connectivity index (χ3n) is 4.64. The summed E-state index contributed by atoms with van der Waals surface area (Å²) in [5.41, 5.74) is 2.79. The number of hydrogen-bond acceptors (Lipinski definition) is 2. The zero-order valence-electron chi connectivity index (χ0n) is 14.8. The van der Waals surface area contributed by atoms with Gasteiger partial charge in [0.1, 0.15) is 5.82 Å². The summed E-state index contributed by atoms with van der Waals surface area (Å²) in [4.78, 5) is 12.2. The number of aromatic nitrogens is 2. The van der Waals surface area contributed by atoms with Gasteiger partial charge in [0.25, 0.3) is 0 Å². The van der Waals surface area contributed by atoms with Gasteiger partial charge < -0.3 is 5.32 Å². The second kappa shape index (κ2) is 6.82. The monoisotopic (exact) mass is 341 g/mol. The topological polar surface area (TPSA) is 46.9 Å². The van der Waals surface area contributed by atoms with Crippen LogP contribution < -0.4 is 5.32 Å². The lowest BCUT2D eigenvalue weighted by Crippen LogP contribution is -2.36. The predicted octanol–water partition coefficient (Wildman–Crippen LogP) is 4.11. The Kier molecular flexibility index (Phi) is 4.75. The predicted molar refractivity (Wildman–Crippen MR) is 95.9 cm³/mol. The van der Waals surface area contributed by atoms with Gasteiger partial charge in [-0.1, -0.05) is 26.0 Å². The van der Waals surface area contributed by atoms with Crippen LogP contribution in [0, 0.1) is 11.2 Å².